The molecule has 0 fully saturated rings. The standard InChI is InChI=1S/C40H30N4/c1-24-7-12-35-30(18-24)31-19-25(2)8-13-36(31)43(35)37-16-11-28(23-41)22-34(37)29-6-5-17-42-40(29)44-38-14-9-26(3)20-32(38)33-21-27(4)10-15-39(33)44/h5-22H,1-4H3. The quantitative estimate of drug-likeness (QED) is 0.214. The fourth-order valence-corrected chi connectivity index (χ4v) is 6.79. The van der Waals surface area contributed by atoms with Crippen LogP contribution >= 0.6 is 0 Å². The maximum absolute atomic E-state index is 10.0. The number of benzene rings is 5. The molecule has 0 aliphatic carbocycles. The summed E-state index contributed by atoms with van der Waals surface area (Å²) in [4.78, 5) is 5.04. The Kier molecular flexibility index (Phi) is 5.73. The van der Waals surface area contributed by atoms with Crippen LogP contribution in [0.1, 0.15) is 27.8 Å². The molecular formula is C40H30N4. The summed E-state index contributed by atoms with van der Waals surface area (Å²) in [5.74, 6) is 0.837. The molecule has 3 aromatic heterocycles. The Labute approximate surface area is 256 Å². The van der Waals surface area contributed by atoms with E-state index in [1.54, 1.807) is 0 Å². The first-order valence-corrected chi connectivity index (χ1v) is 14.9. The fraction of sp³-hybridized carbons (Fsp3) is 0.100. The van der Waals surface area contributed by atoms with Gasteiger partial charge in [-0.2, -0.15) is 5.26 Å². The lowest BCUT2D eigenvalue weighted by molar-refractivity contribution is 1.08. The Hall–Kier alpha value is -5.66. The molecule has 8 rings (SSSR count). The molecule has 0 atom stereocenters. The van der Waals surface area contributed by atoms with Gasteiger partial charge in [0.15, 0.2) is 0 Å². The van der Waals surface area contributed by atoms with E-state index in [9.17, 15) is 5.26 Å². The molecule has 0 saturated heterocycles. The maximum Gasteiger partial charge on any atom is 0.145 e. The summed E-state index contributed by atoms with van der Waals surface area (Å²) in [6.07, 6.45) is 1.86. The molecule has 8 aromatic rings. The number of fused-ring (bicyclic) bond motifs is 6. The van der Waals surface area contributed by atoms with Crippen molar-refractivity contribution in [1.29, 1.82) is 5.26 Å². The lowest BCUT2D eigenvalue weighted by Crippen LogP contribution is -2.03. The van der Waals surface area contributed by atoms with Gasteiger partial charge in [-0.25, -0.2) is 4.98 Å². The predicted molar refractivity (Wildman–Crippen MR) is 182 cm³/mol. The number of nitriles is 1. The highest BCUT2D eigenvalue weighted by Crippen LogP contribution is 2.41. The van der Waals surface area contributed by atoms with Crippen molar-refractivity contribution in [2.24, 2.45) is 0 Å². The third-order valence-electron chi connectivity index (χ3n) is 8.81. The summed E-state index contributed by atoms with van der Waals surface area (Å²) in [5.41, 5.74) is 12.9. The van der Waals surface area contributed by atoms with Crippen LogP contribution in [0.2, 0.25) is 0 Å². The van der Waals surface area contributed by atoms with Crippen molar-refractivity contribution in [2.75, 3.05) is 0 Å². The average molecular weight is 567 g/mol. The number of hydrogen-bond donors (Lipinski definition) is 0. The van der Waals surface area contributed by atoms with Gasteiger partial charge in [0.2, 0.25) is 0 Å². The smallest absolute Gasteiger partial charge is 0.145 e. The summed E-state index contributed by atoms with van der Waals surface area (Å²) in [6, 6.07) is 39.1. The lowest BCUT2D eigenvalue weighted by Gasteiger charge is -2.18. The Morgan fingerprint density at radius 3 is 1.48 bits per heavy atom. The molecule has 44 heavy (non-hydrogen) atoms. The van der Waals surface area contributed by atoms with Crippen LogP contribution in [0.5, 0.6) is 0 Å². The van der Waals surface area contributed by atoms with Crippen molar-refractivity contribution in [3.8, 4) is 28.7 Å². The molecule has 0 unspecified atom stereocenters. The van der Waals surface area contributed by atoms with Crippen LogP contribution in [0.15, 0.2) is 109 Å². The van der Waals surface area contributed by atoms with Gasteiger partial charge < -0.3 is 4.57 Å². The van der Waals surface area contributed by atoms with Crippen molar-refractivity contribution in [1.82, 2.24) is 14.1 Å². The van der Waals surface area contributed by atoms with Gasteiger partial charge in [0.1, 0.15) is 5.82 Å². The molecule has 210 valence electrons. The van der Waals surface area contributed by atoms with E-state index >= 15 is 0 Å². The van der Waals surface area contributed by atoms with E-state index < -0.39 is 0 Å². The first-order chi connectivity index (χ1) is 21.4. The van der Waals surface area contributed by atoms with E-state index in [1.165, 1.54) is 43.8 Å². The zero-order valence-corrected chi connectivity index (χ0v) is 25.2. The highest BCUT2D eigenvalue weighted by atomic mass is 15.1. The second-order valence-corrected chi connectivity index (χ2v) is 12.0. The van der Waals surface area contributed by atoms with Crippen molar-refractivity contribution in [2.45, 2.75) is 27.7 Å². The highest BCUT2D eigenvalue weighted by molar-refractivity contribution is 6.11. The molecular weight excluding hydrogens is 536 g/mol. The lowest BCUT2D eigenvalue weighted by atomic mass is 10.0. The Balaban J connectivity index is 1.49. The number of hydrogen-bond acceptors (Lipinski definition) is 2. The minimum absolute atomic E-state index is 0.611. The molecule has 0 aliphatic rings. The van der Waals surface area contributed by atoms with Gasteiger partial charge in [-0.05, 0) is 107 Å². The molecule has 5 aromatic carbocycles. The van der Waals surface area contributed by atoms with Gasteiger partial charge in [-0.1, -0.05) is 46.5 Å². The Morgan fingerprint density at radius 2 is 1.00 bits per heavy atom. The number of pyridine rings is 1. The molecule has 3 heterocycles. The fourth-order valence-electron chi connectivity index (χ4n) is 6.79. The maximum atomic E-state index is 10.0. The molecule has 0 saturated carbocycles. The normalized spacial score (nSPS) is 11.6. The van der Waals surface area contributed by atoms with Gasteiger partial charge in [-0.3, -0.25) is 4.57 Å². The van der Waals surface area contributed by atoms with E-state index in [0.717, 1.165) is 44.7 Å². The Morgan fingerprint density at radius 1 is 0.523 bits per heavy atom. The number of nitrogens with zero attached hydrogens (tertiary/aromatic N) is 4. The second-order valence-electron chi connectivity index (χ2n) is 12.0. The van der Waals surface area contributed by atoms with Crippen molar-refractivity contribution >= 4 is 43.6 Å². The summed E-state index contributed by atoms with van der Waals surface area (Å²) in [5, 5.41) is 14.9. The molecule has 0 aliphatic heterocycles. The zero-order chi connectivity index (χ0) is 30.1. The third-order valence-corrected chi connectivity index (χ3v) is 8.81. The zero-order valence-electron chi connectivity index (χ0n) is 25.2. The van der Waals surface area contributed by atoms with Gasteiger partial charge in [0, 0.05) is 38.9 Å². The summed E-state index contributed by atoms with van der Waals surface area (Å²) in [6.45, 7) is 8.56. The van der Waals surface area contributed by atoms with E-state index in [0.29, 0.717) is 5.56 Å². The van der Waals surface area contributed by atoms with Crippen LogP contribution in [-0.2, 0) is 0 Å². The molecule has 4 heteroatoms. The molecule has 0 N–H and O–H groups in total. The largest absolute Gasteiger partial charge is 0.309 e. The first kappa shape index (κ1) is 26.0. The van der Waals surface area contributed by atoms with Crippen LogP contribution in [0.3, 0.4) is 0 Å². The minimum Gasteiger partial charge on any atom is -0.309 e. The van der Waals surface area contributed by atoms with Crippen LogP contribution < -0.4 is 0 Å². The number of rotatable bonds is 3. The molecule has 0 amide bonds. The first-order valence-electron chi connectivity index (χ1n) is 14.9. The van der Waals surface area contributed by atoms with Crippen molar-refractivity contribution < 1.29 is 0 Å². The molecule has 0 radical (unpaired) electrons. The SMILES string of the molecule is Cc1ccc2c(c1)c1cc(C)ccc1n2-c1ccc(C#N)cc1-c1cccnc1-n1c2ccc(C)cc2c2cc(C)ccc21. The monoisotopic (exact) mass is 566 g/mol. The topological polar surface area (TPSA) is 46.5 Å². The summed E-state index contributed by atoms with van der Waals surface area (Å²) in [7, 11) is 0. The van der Waals surface area contributed by atoms with Gasteiger partial charge in [0.05, 0.1) is 39.4 Å². The van der Waals surface area contributed by atoms with Crippen molar-refractivity contribution in [3.63, 3.8) is 0 Å². The van der Waals surface area contributed by atoms with Gasteiger partial charge in [0.25, 0.3) is 0 Å². The second kappa shape index (κ2) is 9.69. The van der Waals surface area contributed by atoms with Crippen LogP contribution in [-0.4, -0.2) is 14.1 Å². The summed E-state index contributed by atoms with van der Waals surface area (Å²) >= 11 is 0. The van der Waals surface area contributed by atoms with Gasteiger partial charge in [-0.15, -0.1) is 0 Å². The average Bonchev–Trinajstić information content (AvgIpc) is 3.51. The van der Waals surface area contributed by atoms with Crippen LogP contribution in [0, 0.1) is 39.0 Å². The van der Waals surface area contributed by atoms with E-state index in [1.807, 2.05) is 24.4 Å². The van der Waals surface area contributed by atoms with E-state index in [2.05, 4.69) is 128 Å². The van der Waals surface area contributed by atoms with Crippen LogP contribution in [0.25, 0.3) is 66.2 Å². The van der Waals surface area contributed by atoms with Gasteiger partial charge >= 0.3 is 0 Å². The molecule has 4 nitrogen and oxygen atoms in total. The molecule has 0 spiro atoms. The van der Waals surface area contributed by atoms with E-state index in [-0.39, 0.29) is 0 Å². The van der Waals surface area contributed by atoms with E-state index in [4.69, 9.17) is 4.98 Å². The third kappa shape index (κ3) is 3.87. The number of aryl methyl sites for hydroxylation is 4. The predicted octanol–water partition coefficient (Wildman–Crippen LogP) is 10.0. The van der Waals surface area contributed by atoms with Crippen LogP contribution in [0.4, 0.5) is 0 Å². The van der Waals surface area contributed by atoms with Crippen molar-refractivity contribution in [3.05, 3.63) is 137 Å². The minimum atomic E-state index is 0.611. The number of aromatic nitrogens is 3. The summed E-state index contributed by atoms with van der Waals surface area (Å²) < 4.78 is 4.62. The highest BCUT2D eigenvalue weighted by Gasteiger charge is 2.21. The molecule has 0 bridgehead atoms. The Bertz CT molecular complexity index is 2380.